The van der Waals surface area contributed by atoms with E-state index in [1.807, 2.05) is 13.0 Å². The molecule has 1 saturated heterocycles. The Morgan fingerprint density at radius 1 is 1.21 bits per heavy atom. The molecule has 33 heavy (non-hydrogen) atoms. The molecule has 2 fully saturated rings. The van der Waals surface area contributed by atoms with Crippen LogP contribution in [-0.2, 0) is 4.74 Å². The molecular formula is C24H22FN3O4S. The highest BCUT2D eigenvalue weighted by Crippen LogP contribution is 2.33. The standard InChI is InChI=1S/C24H22FN3O4S/c1-13(32-17-5-7-20(26-10-17)23(29)14-2-3-14)22-9-21(28-33-22)15-4-6-18(19(25)8-15)24(30)27-16-11-31-12-16/h4-10,13-14,16H,2-3,11-12H2,1H3,(H,27,30)/t13-/m1/s1. The summed E-state index contributed by atoms with van der Waals surface area (Å²) < 4.78 is 30.0. The number of Topliss-reactive ketones (excluding diaryl/α,β-unsaturated/α-hetero) is 1. The van der Waals surface area contributed by atoms with Crippen molar-refractivity contribution in [2.75, 3.05) is 13.2 Å². The third-order valence-corrected chi connectivity index (χ3v) is 6.61. The maximum Gasteiger partial charge on any atom is 0.254 e. The molecule has 170 valence electrons. The SMILES string of the molecule is C[C@@H](Oc1ccc(C(=O)C2CC2)nc1)c1cc(-c2ccc(C(=O)NC3COC3)c(F)c2)ns1. The Bertz CT molecular complexity index is 1190. The first-order chi connectivity index (χ1) is 16.0. The maximum absolute atomic E-state index is 14.6. The van der Waals surface area contributed by atoms with Gasteiger partial charge in [0.2, 0.25) is 0 Å². The lowest BCUT2D eigenvalue weighted by atomic mass is 10.1. The summed E-state index contributed by atoms with van der Waals surface area (Å²) in [7, 11) is 0. The van der Waals surface area contributed by atoms with Gasteiger partial charge >= 0.3 is 0 Å². The summed E-state index contributed by atoms with van der Waals surface area (Å²) in [5.74, 6) is -0.273. The number of hydrogen-bond acceptors (Lipinski definition) is 7. The number of carbonyl (C=O) groups excluding carboxylic acids is 2. The summed E-state index contributed by atoms with van der Waals surface area (Å²) in [6.45, 7) is 2.79. The monoisotopic (exact) mass is 467 g/mol. The Morgan fingerprint density at radius 2 is 2.03 bits per heavy atom. The van der Waals surface area contributed by atoms with Crippen LogP contribution in [0.1, 0.15) is 51.6 Å². The van der Waals surface area contributed by atoms with E-state index in [4.69, 9.17) is 9.47 Å². The van der Waals surface area contributed by atoms with Gasteiger partial charge in [-0.1, -0.05) is 6.07 Å². The van der Waals surface area contributed by atoms with Gasteiger partial charge in [-0.2, -0.15) is 4.37 Å². The number of rotatable bonds is 8. The quantitative estimate of drug-likeness (QED) is 0.499. The van der Waals surface area contributed by atoms with Crippen LogP contribution >= 0.6 is 11.5 Å². The Labute approximate surface area is 194 Å². The lowest BCUT2D eigenvalue weighted by Crippen LogP contribution is -2.48. The zero-order valence-electron chi connectivity index (χ0n) is 17.9. The van der Waals surface area contributed by atoms with E-state index in [9.17, 15) is 14.0 Å². The molecule has 1 aromatic carbocycles. The van der Waals surface area contributed by atoms with E-state index < -0.39 is 11.7 Å². The Morgan fingerprint density at radius 3 is 2.67 bits per heavy atom. The summed E-state index contributed by atoms with van der Waals surface area (Å²) in [4.78, 5) is 29.4. The molecule has 0 bridgehead atoms. The average molecular weight is 468 g/mol. The largest absolute Gasteiger partial charge is 0.484 e. The van der Waals surface area contributed by atoms with Crippen LogP contribution in [0.3, 0.4) is 0 Å². The molecule has 1 N–H and O–H groups in total. The first-order valence-corrected chi connectivity index (χ1v) is 11.6. The number of halogens is 1. The van der Waals surface area contributed by atoms with Gasteiger partial charge in [0.15, 0.2) is 5.78 Å². The van der Waals surface area contributed by atoms with E-state index in [-0.39, 0.29) is 29.4 Å². The molecule has 0 unspecified atom stereocenters. The number of aromatic nitrogens is 2. The van der Waals surface area contributed by atoms with Crippen molar-refractivity contribution in [1.29, 1.82) is 0 Å². The highest BCUT2D eigenvalue weighted by atomic mass is 32.1. The third kappa shape index (κ3) is 4.79. The van der Waals surface area contributed by atoms with Gasteiger partial charge in [0.05, 0.1) is 41.6 Å². The number of amides is 1. The Balaban J connectivity index is 1.24. The van der Waals surface area contributed by atoms with Crippen molar-refractivity contribution >= 4 is 23.2 Å². The third-order valence-electron chi connectivity index (χ3n) is 5.66. The van der Waals surface area contributed by atoms with Gasteiger partial charge in [-0.25, -0.2) is 9.37 Å². The van der Waals surface area contributed by atoms with Gasteiger partial charge < -0.3 is 14.8 Å². The second-order valence-electron chi connectivity index (χ2n) is 8.29. The molecule has 2 aromatic heterocycles. The van der Waals surface area contributed by atoms with Gasteiger partial charge in [0, 0.05) is 11.5 Å². The number of benzene rings is 1. The molecule has 1 aliphatic heterocycles. The van der Waals surface area contributed by atoms with Crippen molar-refractivity contribution in [3.05, 3.63) is 64.5 Å². The summed E-state index contributed by atoms with van der Waals surface area (Å²) in [5.41, 5.74) is 1.65. The van der Waals surface area contributed by atoms with Gasteiger partial charge in [0.25, 0.3) is 5.91 Å². The fourth-order valence-electron chi connectivity index (χ4n) is 3.47. The van der Waals surface area contributed by atoms with Crippen molar-refractivity contribution in [2.45, 2.75) is 31.9 Å². The second kappa shape index (κ2) is 8.99. The molecule has 0 spiro atoms. The van der Waals surface area contributed by atoms with Crippen molar-refractivity contribution in [2.24, 2.45) is 5.92 Å². The number of nitrogens with zero attached hydrogens (tertiary/aromatic N) is 2. The summed E-state index contributed by atoms with van der Waals surface area (Å²) in [6.07, 6.45) is 3.14. The molecule has 1 amide bonds. The normalized spacial score (nSPS) is 16.7. The van der Waals surface area contributed by atoms with Crippen LogP contribution in [0.4, 0.5) is 4.39 Å². The maximum atomic E-state index is 14.6. The Hall–Kier alpha value is -3.17. The molecule has 1 aliphatic carbocycles. The van der Waals surface area contributed by atoms with Crippen LogP contribution in [0.5, 0.6) is 5.75 Å². The van der Waals surface area contributed by atoms with Crippen LogP contribution < -0.4 is 10.1 Å². The highest BCUT2D eigenvalue weighted by molar-refractivity contribution is 7.06. The van der Waals surface area contributed by atoms with E-state index >= 15 is 0 Å². The summed E-state index contributed by atoms with van der Waals surface area (Å²) >= 11 is 1.26. The number of ether oxygens (including phenoxy) is 2. The summed E-state index contributed by atoms with van der Waals surface area (Å²) in [6, 6.07) is 9.68. The van der Waals surface area contributed by atoms with Crippen molar-refractivity contribution in [3.63, 3.8) is 0 Å². The number of pyridine rings is 1. The fraction of sp³-hybridized carbons (Fsp3) is 0.333. The minimum Gasteiger partial charge on any atom is -0.484 e. The molecule has 1 atom stereocenters. The van der Waals surface area contributed by atoms with Crippen LogP contribution in [0.15, 0.2) is 42.6 Å². The molecule has 2 aliphatic rings. The number of hydrogen-bond donors (Lipinski definition) is 1. The lowest BCUT2D eigenvalue weighted by Gasteiger charge is -2.26. The van der Waals surface area contributed by atoms with Gasteiger partial charge in [-0.05, 0) is 61.6 Å². The zero-order valence-corrected chi connectivity index (χ0v) is 18.7. The van der Waals surface area contributed by atoms with Crippen LogP contribution in [0, 0.1) is 11.7 Å². The van der Waals surface area contributed by atoms with Crippen LogP contribution in [0.25, 0.3) is 11.3 Å². The molecule has 3 heterocycles. The zero-order chi connectivity index (χ0) is 22.9. The number of nitrogens with one attached hydrogen (secondary N) is 1. The van der Waals surface area contributed by atoms with Crippen LogP contribution in [-0.4, -0.2) is 40.3 Å². The van der Waals surface area contributed by atoms with Crippen LogP contribution in [0.2, 0.25) is 0 Å². The van der Waals surface area contributed by atoms with Gasteiger partial charge in [-0.3, -0.25) is 9.59 Å². The number of ketones is 1. The summed E-state index contributed by atoms with van der Waals surface area (Å²) in [5, 5.41) is 2.74. The first kappa shape index (κ1) is 21.7. The Kier molecular flexibility index (Phi) is 5.90. The molecule has 9 heteroatoms. The molecule has 0 radical (unpaired) electrons. The number of carbonyl (C=O) groups is 2. The second-order valence-corrected chi connectivity index (χ2v) is 9.13. The highest BCUT2D eigenvalue weighted by Gasteiger charge is 2.31. The minimum atomic E-state index is -0.601. The minimum absolute atomic E-state index is 0.00563. The van der Waals surface area contributed by atoms with Crippen molar-refractivity contribution in [1.82, 2.24) is 14.7 Å². The van der Waals surface area contributed by atoms with Gasteiger partial charge in [-0.15, -0.1) is 0 Å². The van der Waals surface area contributed by atoms with Crippen molar-refractivity contribution in [3.8, 4) is 17.0 Å². The smallest absolute Gasteiger partial charge is 0.254 e. The molecular weight excluding hydrogens is 445 g/mol. The molecule has 3 aromatic rings. The lowest BCUT2D eigenvalue weighted by molar-refractivity contribution is -0.00352. The van der Waals surface area contributed by atoms with E-state index in [1.54, 1.807) is 24.4 Å². The van der Waals surface area contributed by atoms with E-state index in [0.717, 1.165) is 17.7 Å². The van der Waals surface area contributed by atoms with Gasteiger partial charge in [0.1, 0.15) is 23.4 Å². The van der Waals surface area contributed by atoms with E-state index in [0.29, 0.717) is 35.9 Å². The molecule has 5 rings (SSSR count). The fourth-order valence-corrected chi connectivity index (χ4v) is 4.19. The molecule has 1 saturated carbocycles. The topological polar surface area (TPSA) is 90.4 Å². The van der Waals surface area contributed by atoms with E-state index in [1.165, 1.54) is 23.7 Å². The predicted molar refractivity (Wildman–Crippen MR) is 120 cm³/mol. The van der Waals surface area contributed by atoms with E-state index in [2.05, 4.69) is 14.7 Å². The average Bonchev–Trinajstić information content (AvgIpc) is 3.52. The van der Waals surface area contributed by atoms with Crippen molar-refractivity contribution < 1.29 is 23.5 Å². The first-order valence-electron chi connectivity index (χ1n) is 10.8. The molecule has 7 nitrogen and oxygen atoms in total. The predicted octanol–water partition coefficient (Wildman–Crippen LogP) is 4.21.